The van der Waals surface area contributed by atoms with E-state index < -0.39 is 5.25 Å². The lowest BCUT2D eigenvalue weighted by atomic mass is 10.1. The molecule has 1 aliphatic heterocycles. The molecule has 0 N–H and O–H groups in total. The lowest BCUT2D eigenvalue weighted by Crippen LogP contribution is -2.29. The van der Waals surface area contributed by atoms with E-state index in [1.165, 1.54) is 16.7 Å². The highest BCUT2D eigenvalue weighted by molar-refractivity contribution is 8.15. The van der Waals surface area contributed by atoms with E-state index in [0.717, 1.165) is 5.69 Å². The van der Waals surface area contributed by atoms with E-state index in [4.69, 9.17) is 0 Å². The highest BCUT2D eigenvalue weighted by Gasteiger charge is 2.37. The summed E-state index contributed by atoms with van der Waals surface area (Å²) in [5.74, 6) is -0.0974. The molecule has 4 nitrogen and oxygen atoms in total. The Morgan fingerprint density at radius 3 is 2.35 bits per heavy atom. The third-order valence-electron chi connectivity index (χ3n) is 3.59. The SMILES string of the molecule is CN1C(=O)C(CC(=O)c2ccccc2)SC1=Nc1ccccc1. The van der Waals surface area contributed by atoms with Gasteiger partial charge in [-0.3, -0.25) is 14.5 Å². The molecule has 1 atom stereocenters. The number of hydrogen-bond donors (Lipinski definition) is 0. The molecule has 0 aliphatic carbocycles. The third kappa shape index (κ3) is 3.51. The molecule has 0 radical (unpaired) electrons. The predicted octanol–water partition coefficient (Wildman–Crippen LogP) is 3.52. The molecule has 3 rings (SSSR count). The minimum atomic E-state index is -0.407. The average molecular weight is 324 g/mol. The van der Waals surface area contributed by atoms with Gasteiger partial charge in [0, 0.05) is 19.0 Å². The summed E-state index contributed by atoms with van der Waals surface area (Å²) >= 11 is 1.35. The van der Waals surface area contributed by atoms with Crippen molar-refractivity contribution in [1.82, 2.24) is 4.90 Å². The standard InChI is InChI=1S/C18H16N2O2S/c1-20-17(22)16(12-15(21)13-8-4-2-5-9-13)23-18(20)19-14-10-6-3-7-11-14/h2-11,16H,12H2,1H3. The molecule has 1 aliphatic rings. The van der Waals surface area contributed by atoms with Crippen LogP contribution < -0.4 is 0 Å². The second-order valence-corrected chi connectivity index (χ2v) is 6.40. The maximum atomic E-state index is 12.3. The van der Waals surface area contributed by atoms with E-state index >= 15 is 0 Å². The van der Waals surface area contributed by atoms with Crippen molar-refractivity contribution < 1.29 is 9.59 Å². The van der Waals surface area contributed by atoms with Gasteiger partial charge >= 0.3 is 0 Å². The third-order valence-corrected chi connectivity index (χ3v) is 4.82. The van der Waals surface area contributed by atoms with Crippen LogP contribution in [-0.2, 0) is 4.79 Å². The molecule has 0 spiro atoms. The van der Waals surface area contributed by atoms with Gasteiger partial charge in [0.25, 0.3) is 0 Å². The van der Waals surface area contributed by atoms with Crippen molar-refractivity contribution >= 4 is 34.3 Å². The Morgan fingerprint density at radius 2 is 1.70 bits per heavy atom. The molecule has 2 aromatic rings. The minimum absolute atomic E-state index is 0.0224. The highest BCUT2D eigenvalue weighted by Crippen LogP contribution is 2.31. The van der Waals surface area contributed by atoms with Gasteiger partial charge in [-0.05, 0) is 12.1 Å². The molecular formula is C18H16N2O2S. The van der Waals surface area contributed by atoms with Gasteiger partial charge in [-0.2, -0.15) is 0 Å². The second kappa shape index (κ2) is 6.79. The Balaban J connectivity index is 1.74. The molecule has 0 bridgehead atoms. The van der Waals surface area contributed by atoms with Crippen molar-refractivity contribution in [2.45, 2.75) is 11.7 Å². The highest BCUT2D eigenvalue weighted by atomic mass is 32.2. The van der Waals surface area contributed by atoms with Crippen LogP contribution in [0, 0.1) is 0 Å². The number of benzene rings is 2. The van der Waals surface area contributed by atoms with E-state index in [2.05, 4.69) is 4.99 Å². The zero-order valence-corrected chi connectivity index (χ0v) is 13.5. The van der Waals surface area contributed by atoms with Gasteiger partial charge in [-0.1, -0.05) is 60.3 Å². The van der Waals surface area contributed by atoms with Gasteiger partial charge in [-0.25, -0.2) is 4.99 Å². The number of ketones is 1. The Kier molecular flexibility index (Phi) is 4.57. The molecule has 23 heavy (non-hydrogen) atoms. The van der Waals surface area contributed by atoms with Crippen LogP contribution in [0.15, 0.2) is 65.7 Å². The van der Waals surface area contributed by atoms with Crippen molar-refractivity contribution in [2.24, 2.45) is 4.99 Å². The van der Waals surface area contributed by atoms with Crippen molar-refractivity contribution in [1.29, 1.82) is 0 Å². The fourth-order valence-electron chi connectivity index (χ4n) is 2.32. The van der Waals surface area contributed by atoms with Crippen LogP contribution in [0.3, 0.4) is 0 Å². The Hall–Kier alpha value is -2.40. The number of thioether (sulfide) groups is 1. The molecular weight excluding hydrogens is 308 g/mol. The second-order valence-electron chi connectivity index (χ2n) is 5.23. The monoisotopic (exact) mass is 324 g/mol. The van der Waals surface area contributed by atoms with Crippen molar-refractivity contribution in [2.75, 3.05) is 7.05 Å². The Bertz CT molecular complexity index is 744. The van der Waals surface area contributed by atoms with E-state index in [0.29, 0.717) is 10.7 Å². The molecule has 116 valence electrons. The number of Topliss-reactive ketones (excluding diaryl/α,β-unsaturated/α-hetero) is 1. The first-order valence-electron chi connectivity index (χ1n) is 7.31. The summed E-state index contributed by atoms with van der Waals surface area (Å²) in [5, 5.41) is 0.224. The van der Waals surface area contributed by atoms with E-state index in [1.54, 1.807) is 19.2 Å². The first-order valence-corrected chi connectivity index (χ1v) is 8.19. The van der Waals surface area contributed by atoms with E-state index in [9.17, 15) is 9.59 Å². The van der Waals surface area contributed by atoms with Gasteiger partial charge in [-0.15, -0.1) is 0 Å². The van der Waals surface area contributed by atoms with Crippen LogP contribution in [0.5, 0.6) is 0 Å². The summed E-state index contributed by atoms with van der Waals surface area (Å²) < 4.78 is 0. The molecule has 1 amide bonds. The van der Waals surface area contributed by atoms with Crippen LogP contribution in [-0.4, -0.2) is 34.1 Å². The van der Waals surface area contributed by atoms with Crippen LogP contribution in [0.1, 0.15) is 16.8 Å². The van der Waals surface area contributed by atoms with Gasteiger partial charge in [0.15, 0.2) is 11.0 Å². The molecule has 0 saturated carbocycles. The fraction of sp³-hybridized carbons (Fsp3) is 0.167. The first-order chi connectivity index (χ1) is 11.1. The number of aliphatic imine (C=N–C) groups is 1. The van der Waals surface area contributed by atoms with Crippen molar-refractivity contribution in [3.63, 3.8) is 0 Å². The summed E-state index contributed by atoms with van der Waals surface area (Å²) in [6.07, 6.45) is 0.186. The number of amides is 1. The van der Waals surface area contributed by atoms with E-state index in [-0.39, 0.29) is 18.1 Å². The maximum absolute atomic E-state index is 12.3. The molecule has 1 heterocycles. The molecule has 1 unspecified atom stereocenters. The average Bonchev–Trinajstić information content (AvgIpc) is 2.84. The smallest absolute Gasteiger partial charge is 0.242 e. The number of hydrogen-bond acceptors (Lipinski definition) is 4. The summed E-state index contributed by atoms with van der Waals surface area (Å²) in [6, 6.07) is 18.5. The summed E-state index contributed by atoms with van der Waals surface area (Å²) in [6.45, 7) is 0. The van der Waals surface area contributed by atoms with Crippen molar-refractivity contribution in [3.05, 3.63) is 66.2 Å². The summed E-state index contributed by atoms with van der Waals surface area (Å²) in [4.78, 5) is 30.7. The fourth-order valence-corrected chi connectivity index (χ4v) is 3.47. The van der Waals surface area contributed by atoms with Gasteiger partial charge in [0.1, 0.15) is 0 Å². The number of carbonyl (C=O) groups excluding carboxylic acids is 2. The quantitative estimate of drug-likeness (QED) is 0.809. The number of para-hydroxylation sites is 1. The normalized spacial score (nSPS) is 19.3. The van der Waals surface area contributed by atoms with Gasteiger partial charge in [0.2, 0.25) is 5.91 Å². The minimum Gasteiger partial charge on any atom is -0.294 e. The van der Waals surface area contributed by atoms with Crippen LogP contribution in [0.4, 0.5) is 5.69 Å². The maximum Gasteiger partial charge on any atom is 0.242 e. The van der Waals surface area contributed by atoms with E-state index in [1.807, 2.05) is 48.5 Å². The number of amidine groups is 1. The lowest BCUT2D eigenvalue weighted by Gasteiger charge is -2.08. The zero-order chi connectivity index (χ0) is 16.2. The first kappa shape index (κ1) is 15.5. The summed E-state index contributed by atoms with van der Waals surface area (Å²) in [5.41, 5.74) is 1.43. The van der Waals surface area contributed by atoms with Crippen LogP contribution in [0.25, 0.3) is 0 Å². The lowest BCUT2D eigenvalue weighted by molar-refractivity contribution is -0.125. The molecule has 0 aromatic heterocycles. The number of rotatable bonds is 4. The van der Waals surface area contributed by atoms with Gasteiger partial charge < -0.3 is 0 Å². The number of nitrogens with zero attached hydrogens (tertiary/aromatic N) is 2. The van der Waals surface area contributed by atoms with Gasteiger partial charge in [0.05, 0.1) is 10.9 Å². The van der Waals surface area contributed by atoms with Crippen LogP contribution >= 0.6 is 11.8 Å². The molecule has 2 aromatic carbocycles. The molecule has 5 heteroatoms. The number of carbonyl (C=O) groups is 2. The topological polar surface area (TPSA) is 49.7 Å². The summed E-state index contributed by atoms with van der Waals surface area (Å²) in [7, 11) is 1.70. The van der Waals surface area contributed by atoms with Crippen molar-refractivity contribution in [3.8, 4) is 0 Å². The Labute approximate surface area is 139 Å². The van der Waals surface area contributed by atoms with Crippen LogP contribution in [0.2, 0.25) is 0 Å². The molecule has 1 fully saturated rings. The largest absolute Gasteiger partial charge is 0.294 e. The zero-order valence-electron chi connectivity index (χ0n) is 12.7. The molecule has 1 saturated heterocycles. The predicted molar refractivity (Wildman–Crippen MR) is 93.1 cm³/mol. The Morgan fingerprint density at radius 1 is 1.09 bits per heavy atom.